The molecule has 1 rings (SSSR count). The van der Waals surface area contributed by atoms with Crippen LogP contribution in [0.15, 0.2) is 12.3 Å². The molecule has 0 unspecified atom stereocenters. The average Bonchev–Trinajstić information content (AvgIpc) is 2.27. The van der Waals surface area contributed by atoms with Crippen molar-refractivity contribution < 1.29 is 15.0 Å². The Morgan fingerprint density at radius 1 is 1.53 bits per heavy atom. The topological polar surface area (TPSA) is 73.7 Å². The van der Waals surface area contributed by atoms with Gasteiger partial charge < -0.3 is 15.1 Å². The van der Waals surface area contributed by atoms with E-state index in [2.05, 4.69) is 4.98 Å². The first kappa shape index (κ1) is 13.4. The molecule has 1 aromatic rings. The summed E-state index contributed by atoms with van der Waals surface area (Å²) in [5.74, 6) is -1.02. The van der Waals surface area contributed by atoms with Crippen molar-refractivity contribution >= 4 is 11.7 Å². The summed E-state index contributed by atoms with van der Waals surface area (Å²) in [5.41, 5.74) is 0.909. The first-order valence-corrected chi connectivity index (χ1v) is 5.34. The van der Waals surface area contributed by atoms with Crippen LogP contribution in [0.2, 0.25) is 0 Å². The molecule has 94 valence electrons. The molecule has 0 atom stereocenters. The fraction of sp³-hybridized carbons (Fsp3) is 0.500. The second-order valence-corrected chi connectivity index (χ2v) is 4.68. The number of aromatic nitrogens is 1. The van der Waals surface area contributed by atoms with Crippen LogP contribution in [0.4, 0.5) is 5.69 Å². The van der Waals surface area contributed by atoms with Crippen LogP contribution in [0, 0.1) is 6.92 Å². The highest BCUT2D eigenvalue weighted by Gasteiger charge is 2.26. The zero-order valence-electron chi connectivity index (χ0n) is 10.6. The van der Waals surface area contributed by atoms with Gasteiger partial charge in [-0.3, -0.25) is 4.98 Å². The summed E-state index contributed by atoms with van der Waals surface area (Å²) in [6.07, 6.45) is 1.34. The molecule has 0 spiro atoms. The fourth-order valence-corrected chi connectivity index (χ4v) is 1.42. The molecule has 0 aliphatic heterocycles. The maximum atomic E-state index is 11.1. The molecule has 0 aliphatic carbocycles. The second kappa shape index (κ2) is 4.71. The van der Waals surface area contributed by atoms with Crippen molar-refractivity contribution in [3.63, 3.8) is 0 Å². The van der Waals surface area contributed by atoms with Crippen molar-refractivity contribution in [1.82, 2.24) is 4.98 Å². The number of aliphatic hydroxyl groups excluding tert-OH is 1. The lowest BCUT2D eigenvalue weighted by Gasteiger charge is -2.36. The van der Waals surface area contributed by atoms with Gasteiger partial charge >= 0.3 is 5.97 Å². The normalized spacial score (nSPS) is 11.4. The first-order chi connectivity index (χ1) is 7.79. The van der Waals surface area contributed by atoms with Crippen molar-refractivity contribution in [1.29, 1.82) is 0 Å². The van der Waals surface area contributed by atoms with Crippen LogP contribution in [0.3, 0.4) is 0 Å². The molecule has 0 bridgehead atoms. The van der Waals surface area contributed by atoms with Gasteiger partial charge in [-0.05, 0) is 26.8 Å². The largest absolute Gasteiger partial charge is 0.478 e. The molecule has 0 amide bonds. The van der Waals surface area contributed by atoms with E-state index in [1.54, 1.807) is 24.9 Å². The molecule has 5 heteroatoms. The van der Waals surface area contributed by atoms with E-state index in [-0.39, 0.29) is 12.2 Å². The number of aryl methyl sites for hydroxylation is 1. The number of hydrogen-bond donors (Lipinski definition) is 2. The predicted octanol–water partition coefficient (Wildman–Crippen LogP) is 1.30. The molecule has 2 N–H and O–H groups in total. The summed E-state index contributed by atoms with van der Waals surface area (Å²) in [4.78, 5) is 16.9. The molecule has 1 aromatic heterocycles. The predicted molar refractivity (Wildman–Crippen MR) is 65.5 cm³/mol. The summed E-state index contributed by atoms with van der Waals surface area (Å²) < 4.78 is 0. The third-order valence-corrected chi connectivity index (χ3v) is 2.91. The van der Waals surface area contributed by atoms with Crippen molar-refractivity contribution in [2.45, 2.75) is 26.3 Å². The van der Waals surface area contributed by atoms with Gasteiger partial charge in [0.25, 0.3) is 0 Å². The van der Waals surface area contributed by atoms with E-state index in [1.165, 1.54) is 6.20 Å². The summed E-state index contributed by atoms with van der Waals surface area (Å²) in [6, 6.07) is 1.71. The van der Waals surface area contributed by atoms with E-state index < -0.39 is 11.5 Å². The molecule has 0 fully saturated rings. The third-order valence-electron chi connectivity index (χ3n) is 2.91. The summed E-state index contributed by atoms with van der Waals surface area (Å²) in [7, 11) is 1.76. The minimum Gasteiger partial charge on any atom is -0.478 e. The number of aromatic carboxylic acids is 1. The van der Waals surface area contributed by atoms with Crippen molar-refractivity contribution in [2.75, 3.05) is 18.6 Å². The van der Waals surface area contributed by atoms with Gasteiger partial charge in [0, 0.05) is 18.9 Å². The van der Waals surface area contributed by atoms with Gasteiger partial charge in [0.15, 0.2) is 0 Å². The smallest absolute Gasteiger partial charge is 0.339 e. The molecule has 17 heavy (non-hydrogen) atoms. The highest BCUT2D eigenvalue weighted by molar-refractivity contribution is 5.94. The number of carboxylic acids is 1. The Morgan fingerprint density at radius 3 is 2.59 bits per heavy atom. The fourth-order valence-electron chi connectivity index (χ4n) is 1.42. The minimum absolute atomic E-state index is 0.0655. The number of hydrogen-bond acceptors (Lipinski definition) is 4. The average molecular weight is 238 g/mol. The van der Waals surface area contributed by atoms with E-state index in [0.717, 1.165) is 5.69 Å². The number of nitrogens with zero attached hydrogens (tertiary/aromatic N) is 2. The molecule has 1 heterocycles. The highest BCUT2D eigenvalue weighted by Crippen LogP contribution is 2.26. The lowest BCUT2D eigenvalue weighted by Crippen LogP contribution is -2.45. The van der Waals surface area contributed by atoms with Crippen LogP contribution in [0.5, 0.6) is 0 Å². The van der Waals surface area contributed by atoms with E-state index in [9.17, 15) is 9.90 Å². The number of aliphatic hydroxyl groups is 1. The molecule has 0 aromatic carbocycles. The molecule has 0 radical (unpaired) electrons. The van der Waals surface area contributed by atoms with Gasteiger partial charge in [-0.2, -0.15) is 0 Å². The van der Waals surface area contributed by atoms with E-state index in [0.29, 0.717) is 5.69 Å². The Morgan fingerprint density at radius 2 is 2.12 bits per heavy atom. The zero-order chi connectivity index (χ0) is 13.2. The van der Waals surface area contributed by atoms with Gasteiger partial charge in [-0.1, -0.05) is 0 Å². The maximum Gasteiger partial charge on any atom is 0.339 e. The van der Waals surface area contributed by atoms with Crippen LogP contribution in [0.1, 0.15) is 29.9 Å². The van der Waals surface area contributed by atoms with E-state index in [1.807, 2.05) is 13.8 Å². The quantitative estimate of drug-likeness (QED) is 0.827. The van der Waals surface area contributed by atoms with Crippen molar-refractivity contribution in [3.8, 4) is 0 Å². The van der Waals surface area contributed by atoms with Crippen molar-refractivity contribution in [3.05, 3.63) is 23.5 Å². The number of likely N-dealkylation sites (N-methyl/N-ethyl adjacent to an activating group) is 1. The Balaban J connectivity index is 3.29. The maximum absolute atomic E-state index is 11.1. The molecular formula is C12H18N2O3. The Kier molecular flexibility index (Phi) is 3.72. The second-order valence-electron chi connectivity index (χ2n) is 4.68. The van der Waals surface area contributed by atoms with Crippen molar-refractivity contribution in [2.24, 2.45) is 0 Å². The lowest BCUT2D eigenvalue weighted by molar-refractivity contribution is 0.0696. The summed E-state index contributed by atoms with van der Waals surface area (Å²) >= 11 is 0. The highest BCUT2D eigenvalue weighted by atomic mass is 16.4. The molecule has 0 saturated carbocycles. The van der Waals surface area contributed by atoms with Gasteiger partial charge in [0.05, 0.1) is 17.8 Å². The number of carbonyl (C=O) groups is 1. The van der Waals surface area contributed by atoms with E-state index >= 15 is 0 Å². The van der Waals surface area contributed by atoms with Gasteiger partial charge in [0.2, 0.25) is 0 Å². The summed E-state index contributed by atoms with van der Waals surface area (Å²) in [5, 5.41) is 18.4. The molecule has 0 saturated heterocycles. The van der Waals surface area contributed by atoms with Crippen LogP contribution < -0.4 is 4.90 Å². The number of rotatable bonds is 4. The molecular weight excluding hydrogens is 220 g/mol. The standard InChI is InChI=1S/C12H18N2O3/c1-8-5-10(9(6-13-8)11(16)17)14(4)12(2,3)7-15/h5-6,15H,7H2,1-4H3,(H,16,17). The van der Waals surface area contributed by atoms with Gasteiger partial charge in [-0.25, -0.2) is 4.79 Å². The number of pyridine rings is 1. The van der Waals surface area contributed by atoms with Gasteiger partial charge in [0.1, 0.15) is 5.56 Å². The third kappa shape index (κ3) is 2.74. The SMILES string of the molecule is Cc1cc(N(C)C(C)(C)CO)c(C(=O)O)cn1. The minimum atomic E-state index is -1.02. The van der Waals surface area contributed by atoms with Crippen LogP contribution in [0.25, 0.3) is 0 Å². The van der Waals surface area contributed by atoms with Crippen LogP contribution in [-0.2, 0) is 0 Å². The van der Waals surface area contributed by atoms with E-state index in [4.69, 9.17) is 5.11 Å². The molecule has 0 aliphatic rings. The zero-order valence-corrected chi connectivity index (χ0v) is 10.6. The lowest BCUT2D eigenvalue weighted by atomic mass is 10.0. The van der Waals surface area contributed by atoms with Crippen LogP contribution >= 0.6 is 0 Å². The number of carboxylic acid groups (broad SMARTS) is 1. The Hall–Kier alpha value is -1.62. The van der Waals surface area contributed by atoms with Gasteiger partial charge in [-0.15, -0.1) is 0 Å². The molecule has 5 nitrogen and oxygen atoms in total. The first-order valence-electron chi connectivity index (χ1n) is 5.34. The Labute approximate surface area is 101 Å². The monoisotopic (exact) mass is 238 g/mol. The number of anilines is 1. The van der Waals surface area contributed by atoms with Crippen LogP contribution in [-0.4, -0.2) is 40.4 Å². The summed E-state index contributed by atoms with van der Waals surface area (Å²) in [6.45, 7) is 5.42. The Bertz CT molecular complexity index is 430.